The highest BCUT2D eigenvalue weighted by atomic mass is 35.5. The highest BCUT2D eigenvalue weighted by Crippen LogP contribution is 2.24. The number of nitriles is 1. The number of aryl methyl sites for hydroxylation is 1. The largest absolute Gasteiger partial charge is 0.364 e. The van der Waals surface area contributed by atoms with E-state index in [1.54, 1.807) is 29.5 Å². The van der Waals surface area contributed by atoms with Crippen LogP contribution in [0.2, 0.25) is 5.02 Å². The van der Waals surface area contributed by atoms with Crippen molar-refractivity contribution in [3.8, 4) is 6.07 Å². The molecule has 3 rings (SSSR count). The summed E-state index contributed by atoms with van der Waals surface area (Å²) in [6, 6.07) is 9.30. The van der Waals surface area contributed by atoms with Gasteiger partial charge in [-0.1, -0.05) is 18.5 Å². The second-order valence-corrected chi connectivity index (χ2v) is 6.39. The van der Waals surface area contributed by atoms with E-state index in [1.165, 1.54) is 4.88 Å². The number of halogens is 1. The van der Waals surface area contributed by atoms with Gasteiger partial charge in [-0.3, -0.25) is 0 Å². The number of fused-ring (bicyclic) bond motifs is 1. The fraction of sp³-hybridized carbons (Fsp3) is 0.188. The Labute approximate surface area is 137 Å². The van der Waals surface area contributed by atoms with E-state index in [1.807, 2.05) is 12.3 Å². The van der Waals surface area contributed by atoms with Crippen molar-refractivity contribution in [2.24, 2.45) is 0 Å². The molecular formula is C16H13ClN4S. The summed E-state index contributed by atoms with van der Waals surface area (Å²) in [4.78, 5) is 10.1. The molecule has 0 spiro atoms. The molecule has 4 nitrogen and oxygen atoms in total. The van der Waals surface area contributed by atoms with Gasteiger partial charge in [-0.25, -0.2) is 9.97 Å². The van der Waals surface area contributed by atoms with Crippen LogP contribution in [0.15, 0.2) is 30.5 Å². The standard InChI is InChI=1S/C16H13ClN4S/c1-2-12-8-20-16(22-12)9-19-15-5-10(7-18)13-6-11(17)3-4-14(13)21-15/h3-6,8H,2,9H2,1H3,(H,19,21). The van der Waals surface area contributed by atoms with Gasteiger partial charge in [0.1, 0.15) is 10.8 Å². The van der Waals surface area contributed by atoms with Gasteiger partial charge in [-0.05, 0) is 30.7 Å². The summed E-state index contributed by atoms with van der Waals surface area (Å²) in [6.45, 7) is 2.71. The van der Waals surface area contributed by atoms with E-state index >= 15 is 0 Å². The topological polar surface area (TPSA) is 61.6 Å². The van der Waals surface area contributed by atoms with Crippen LogP contribution in [0, 0.1) is 11.3 Å². The van der Waals surface area contributed by atoms with E-state index in [2.05, 4.69) is 28.3 Å². The van der Waals surface area contributed by atoms with Crippen LogP contribution in [0.3, 0.4) is 0 Å². The third-order valence-corrected chi connectivity index (χ3v) is 4.64. The van der Waals surface area contributed by atoms with Crippen LogP contribution in [0.1, 0.15) is 22.4 Å². The minimum absolute atomic E-state index is 0.559. The van der Waals surface area contributed by atoms with Gasteiger partial charge in [-0.15, -0.1) is 11.3 Å². The first-order valence-electron chi connectivity index (χ1n) is 6.87. The molecule has 2 aromatic heterocycles. The average Bonchev–Trinajstić information content (AvgIpc) is 3.00. The van der Waals surface area contributed by atoms with Gasteiger partial charge in [0.15, 0.2) is 0 Å². The van der Waals surface area contributed by atoms with E-state index in [0.29, 0.717) is 22.9 Å². The summed E-state index contributed by atoms with van der Waals surface area (Å²) in [7, 11) is 0. The number of benzene rings is 1. The Balaban J connectivity index is 1.88. The van der Waals surface area contributed by atoms with Gasteiger partial charge in [-0.2, -0.15) is 5.26 Å². The molecule has 0 radical (unpaired) electrons. The molecule has 6 heteroatoms. The molecule has 0 saturated heterocycles. The van der Waals surface area contributed by atoms with Crippen LogP contribution in [-0.2, 0) is 13.0 Å². The van der Waals surface area contributed by atoms with Gasteiger partial charge in [0, 0.05) is 21.5 Å². The van der Waals surface area contributed by atoms with Gasteiger partial charge in [0.2, 0.25) is 0 Å². The Morgan fingerprint density at radius 3 is 2.95 bits per heavy atom. The number of nitrogens with zero attached hydrogens (tertiary/aromatic N) is 3. The first kappa shape index (κ1) is 14.8. The predicted octanol–water partition coefficient (Wildman–Crippen LogP) is 4.39. The third-order valence-electron chi connectivity index (χ3n) is 3.26. The van der Waals surface area contributed by atoms with Gasteiger partial charge in [0.05, 0.1) is 23.7 Å². The van der Waals surface area contributed by atoms with Crippen molar-refractivity contribution in [3.05, 3.63) is 50.9 Å². The number of thiazole rings is 1. The molecule has 3 aromatic rings. The van der Waals surface area contributed by atoms with Crippen LogP contribution in [-0.4, -0.2) is 9.97 Å². The molecule has 0 fully saturated rings. The highest BCUT2D eigenvalue weighted by Gasteiger charge is 2.07. The van der Waals surface area contributed by atoms with Crippen molar-refractivity contribution in [3.63, 3.8) is 0 Å². The first-order valence-corrected chi connectivity index (χ1v) is 8.07. The Morgan fingerprint density at radius 2 is 2.23 bits per heavy atom. The molecule has 0 aliphatic rings. The monoisotopic (exact) mass is 328 g/mol. The van der Waals surface area contributed by atoms with E-state index < -0.39 is 0 Å². The molecular weight excluding hydrogens is 316 g/mol. The fourth-order valence-electron chi connectivity index (χ4n) is 2.14. The SMILES string of the molecule is CCc1cnc(CNc2cc(C#N)c3cc(Cl)ccc3n2)s1. The number of nitrogens with one attached hydrogen (secondary N) is 1. The molecule has 22 heavy (non-hydrogen) atoms. The molecule has 0 amide bonds. The fourth-order valence-corrected chi connectivity index (χ4v) is 3.11. The maximum atomic E-state index is 9.31. The molecule has 2 heterocycles. The van der Waals surface area contributed by atoms with Crippen molar-refractivity contribution in [1.82, 2.24) is 9.97 Å². The second kappa shape index (κ2) is 6.30. The molecule has 1 aromatic carbocycles. The van der Waals surface area contributed by atoms with Crippen LogP contribution in [0.25, 0.3) is 10.9 Å². The summed E-state index contributed by atoms with van der Waals surface area (Å²) >= 11 is 7.67. The maximum absolute atomic E-state index is 9.31. The lowest BCUT2D eigenvalue weighted by atomic mass is 10.1. The quantitative estimate of drug-likeness (QED) is 0.771. The first-order chi connectivity index (χ1) is 10.7. The number of aromatic nitrogens is 2. The predicted molar refractivity (Wildman–Crippen MR) is 90.3 cm³/mol. The summed E-state index contributed by atoms with van der Waals surface area (Å²) in [5.74, 6) is 0.666. The normalized spacial score (nSPS) is 10.6. The lowest BCUT2D eigenvalue weighted by Crippen LogP contribution is -2.01. The molecule has 1 N–H and O–H groups in total. The van der Waals surface area contributed by atoms with Crippen LogP contribution < -0.4 is 5.32 Å². The molecule has 0 atom stereocenters. The number of anilines is 1. The lowest BCUT2D eigenvalue weighted by molar-refractivity contribution is 1.08. The van der Waals surface area contributed by atoms with E-state index in [0.717, 1.165) is 22.3 Å². The molecule has 0 aliphatic carbocycles. The van der Waals surface area contributed by atoms with Crippen molar-refractivity contribution in [1.29, 1.82) is 5.26 Å². The van der Waals surface area contributed by atoms with Gasteiger partial charge >= 0.3 is 0 Å². The number of hydrogen-bond acceptors (Lipinski definition) is 5. The minimum atomic E-state index is 0.559. The lowest BCUT2D eigenvalue weighted by Gasteiger charge is -2.07. The van der Waals surface area contributed by atoms with E-state index in [9.17, 15) is 5.26 Å². The summed E-state index contributed by atoms with van der Waals surface area (Å²) in [5, 5.41) is 14.9. The van der Waals surface area contributed by atoms with Crippen LogP contribution in [0.4, 0.5) is 5.82 Å². The number of pyridine rings is 1. The van der Waals surface area contributed by atoms with Crippen LogP contribution >= 0.6 is 22.9 Å². The summed E-state index contributed by atoms with van der Waals surface area (Å²) in [6.07, 6.45) is 2.89. The third kappa shape index (κ3) is 3.03. The molecule has 0 unspecified atom stereocenters. The van der Waals surface area contributed by atoms with Crippen LogP contribution in [0.5, 0.6) is 0 Å². The minimum Gasteiger partial charge on any atom is -0.364 e. The number of hydrogen-bond donors (Lipinski definition) is 1. The van der Waals surface area contributed by atoms with Crippen molar-refractivity contribution < 1.29 is 0 Å². The molecule has 110 valence electrons. The zero-order valence-corrected chi connectivity index (χ0v) is 13.5. The smallest absolute Gasteiger partial charge is 0.128 e. The Hall–Kier alpha value is -2.16. The second-order valence-electron chi connectivity index (χ2n) is 4.76. The Kier molecular flexibility index (Phi) is 4.23. The van der Waals surface area contributed by atoms with E-state index in [4.69, 9.17) is 11.6 Å². The molecule has 0 bridgehead atoms. The van der Waals surface area contributed by atoms with Gasteiger partial charge < -0.3 is 5.32 Å². The number of rotatable bonds is 4. The van der Waals surface area contributed by atoms with Crippen molar-refractivity contribution in [2.75, 3.05) is 5.32 Å². The highest BCUT2D eigenvalue weighted by molar-refractivity contribution is 7.11. The Morgan fingerprint density at radius 1 is 1.36 bits per heavy atom. The Bertz CT molecular complexity index is 866. The maximum Gasteiger partial charge on any atom is 0.128 e. The molecule has 0 saturated carbocycles. The zero-order valence-electron chi connectivity index (χ0n) is 11.9. The molecule has 0 aliphatic heterocycles. The van der Waals surface area contributed by atoms with Crippen molar-refractivity contribution in [2.45, 2.75) is 19.9 Å². The van der Waals surface area contributed by atoms with E-state index in [-0.39, 0.29) is 0 Å². The van der Waals surface area contributed by atoms with Crippen molar-refractivity contribution >= 4 is 39.7 Å². The average molecular weight is 329 g/mol. The zero-order chi connectivity index (χ0) is 15.5. The van der Waals surface area contributed by atoms with Gasteiger partial charge in [0.25, 0.3) is 0 Å². The summed E-state index contributed by atoms with van der Waals surface area (Å²) < 4.78 is 0. The summed E-state index contributed by atoms with van der Waals surface area (Å²) in [5.41, 5.74) is 1.31.